The fourth-order valence-corrected chi connectivity index (χ4v) is 3.71. The maximum atomic E-state index is 11.5. The van der Waals surface area contributed by atoms with Crippen molar-refractivity contribution in [2.24, 2.45) is 0 Å². The fourth-order valence-electron chi connectivity index (χ4n) is 3.08. The molecular weight excluding hydrogens is 416 g/mol. The first-order valence-electron chi connectivity index (χ1n) is 9.76. The van der Waals surface area contributed by atoms with Crippen LogP contribution in [0.5, 0.6) is 5.75 Å². The Bertz CT molecular complexity index is 1110. The van der Waals surface area contributed by atoms with Crippen LogP contribution in [0.25, 0.3) is 0 Å². The van der Waals surface area contributed by atoms with E-state index in [1.165, 1.54) is 12.3 Å². The Hall–Kier alpha value is -2.91. The minimum atomic E-state index is -3.21. The molecule has 0 spiro atoms. The third kappa shape index (κ3) is 6.28. The molecule has 0 bridgehead atoms. The molecule has 0 aliphatic rings. The van der Waals surface area contributed by atoms with Crippen molar-refractivity contribution in [1.29, 1.82) is 0 Å². The molecule has 0 saturated carbocycles. The van der Waals surface area contributed by atoms with Gasteiger partial charge < -0.3 is 20.6 Å². The Morgan fingerprint density at radius 2 is 1.55 bits per heavy atom. The minimum absolute atomic E-state index is 0.00140. The van der Waals surface area contributed by atoms with Gasteiger partial charge >= 0.3 is 0 Å². The first-order chi connectivity index (χ1) is 14.8. The summed E-state index contributed by atoms with van der Waals surface area (Å²) in [6.07, 6.45) is 0.978. The molecule has 0 aliphatic heterocycles. The fraction of sp³-hybridized carbons (Fsp3) is 0.217. The lowest BCUT2D eigenvalue weighted by Crippen LogP contribution is -2.23. The van der Waals surface area contributed by atoms with Crippen molar-refractivity contribution in [3.8, 4) is 5.75 Å². The molecule has 0 fully saturated rings. The van der Waals surface area contributed by atoms with E-state index in [1.54, 1.807) is 36.4 Å². The second-order valence-corrected chi connectivity index (χ2v) is 9.29. The Kier molecular flexibility index (Phi) is 7.29. The van der Waals surface area contributed by atoms with Crippen molar-refractivity contribution in [3.63, 3.8) is 0 Å². The van der Waals surface area contributed by atoms with Crippen LogP contribution in [0.4, 0.5) is 11.4 Å². The van der Waals surface area contributed by atoms with Crippen LogP contribution < -0.4 is 10.6 Å². The molecule has 0 heterocycles. The predicted molar refractivity (Wildman–Crippen MR) is 120 cm³/mol. The third-order valence-electron chi connectivity index (χ3n) is 4.87. The zero-order valence-corrected chi connectivity index (χ0v) is 17.9. The number of nitrogens with one attached hydrogen (secondary N) is 2. The van der Waals surface area contributed by atoms with Gasteiger partial charge in [0, 0.05) is 29.7 Å². The normalized spacial score (nSPS) is 12.5. The first kappa shape index (κ1) is 22.8. The second-order valence-electron chi connectivity index (χ2n) is 7.27. The molecule has 0 saturated heterocycles. The average molecular weight is 443 g/mol. The van der Waals surface area contributed by atoms with Crippen molar-refractivity contribution >= 4 is 21.2 Å². The van der Waals surface area contributed by atoms with Gasteiger partial charge in [0.1, 0.15) is 12.0 Å². The van der Waals surface area contributed by atoms with E-state index in [2.05, 4.69) is 10.6 Å². The number of phenols is 1. The van der Waals surface area contributed by atoms with Gasteiger partial charge in [0.15, 0.2) is 9.84 Å². The molecule has 3 aromatic rings. The maximum absolute atomic E-state index is 11.5. The number of aromatic hydroxyl groups is 1. The van der Waals surface area contributed by atoms with E-state index >= 15 is 0 Å². The van der Waals surface area contributed by atoms with Gasteiger partial charge in [-0.15, -0.1) is 0 Å². The molecule has 1 atom stereocenters. The van der Waals surface area contributed by atoms with Gasteiger partial charge in [0.05, 0.1) is 11.5 Å². The zero-order valence-electron chi connectivity index (χ0n) is 17.1. The summed E-state index contributed by atoms with van der Waals surface area (Å²) in [5.74, 6) is -0.00140. The predicted octanol–water partition coefficient (Wildman–Crippen LogP) is 2.85. The summed E-state index contributed by atoms with van der Waals surface area (Å²) >= 11 is 0. The number of hydrogen-bond donors (Lipinski definition) is 5. The Balaban J connectivity index is 1.51. The van der Waals surface area contributed by atoms with E-state index in [0.29, 0.717) is 24.1 Å². The number of rotatable bonds is 9. The van der Waals surface area contributed by atoms with Gasteiger partial charge in [0.25, 0.3) is 0 Å². The van der Waals surface area contributed by atoms with Crippen LogP contribution in [0, 0.1) is 0 Å². The summed E-state index contributed by atoms with van der Waals surface area (Å²) in [5.41, 5.74) is 3.70. The highest BCUT2D eigenvalue weighted by Crippen LogP contribution is 2.22. The van der Waals surface area contributed by atoms with Crippen LogP contribution in [0.2, 0.25) is 0 Å². The smallest absolute Gasteiger partial charge is 0.175 e. The van der Waals surface area contributed by atoms with Crippen LogP contribution in [0.3, 0.4) is 0 Å². The molecule has 3 aromatic carbocycles. The number of sulfone groups is 1. The van der Waals surface area contributed by atoms with Crippen LogP contribution >= 0.6 is 0 Å². The van der Waals surface area contributed by atoms with Crippen LogP contribution in [-0.2, 0) is 22.9 Å². The van der Waals surface area contributed by atoms with E-state index in [0.717, 1.165) is 16.9 Å². The number of anilines is 2. The molecule has 8 heteroatoms. The average Bonchev–Trinajstić information content (AvgIpc) is 2.75. The number of hydrogen-bond acceptors (Lipinski definition) is 7. The zero-order chi connectivity index (χ0) is 22.4. The standard InChI is InChI=1S/C23H26N2O5S/c1-31(29,30)21-9-7-20(8-10-21)25-19-5-2-16(3-6-19)12-13-24-23(28)17-4-11-22(27)18(14-17)15-26/h2-11,14,23-28H,12-13,15H2,1H3. The summed E-state index contributed by atoms with van der Waals surface area (Å²) in [7, 11) is -3.21. The lowest BCUT2D eigenvalue weighted by atomic mass is 10.1. The lowest BCUT2D eigenvalue weighted by molar-refractivity contribution is 0.139. The quantitative estimate of drug-likeness (QED) is 0.323. The number of aliphatic hydroxyl groups is 2. The molecule has 0 amide bonds. The summed E-state index contributed by atoms with van der Waals surface area (Å²) in [6, 6.07) is 19.0. The van der Waals surface area contributed by atoms with Crippen molar-refractivity contribution in [1.82, 2.24) is 5.32 Å². The first-order valence-corrected chi connectivity index (χ1v) is 11.7. The van der Waals surface area contributed by atoms with E-state index in [1.807, 2.05) is 24.3 Å². The van der Waals surface area contributed by atoms with E-state index in [9.17, 15) is 23.7 Å². The van der Waals surface area contributed by atoms with Crippen LogP contribution in [0.15, 0.2) is 71.6 Å². The number of benzene rings is 3. The molecule has 0 aromatic heterocycles. The molecule has 1 unspecified atom stereocenters. The second kappa shape index (κ2) is 9.93. The molecule has 3 rings (SSSR count). The lowest BCUT2D eigenvalue weighted by Gasteiger charge is -2.15. The van der Waals surface area contributed by atoms with Gasteiger partial charge in [-0.3, -0.25) is 5.32 Å². The maximum Gasteiger partial charge on any atom is 0.175 e. The largest absolute Gasteiger partial charge is 0.508 e. The molecule has 31 heavy (non-hydrogen) atoms. The molecule has 7 nitrogen and oxygen atoms in total. The van der Waals surface area contributed by atoms with Gasteiger partial charge in [-0.2, -0.15) is 0 Å². The molecule has 0 radical (unpaired) electrons. The minimum Gasteiger partial charge on any atom is -0.508 e. The SMILES string of the molecule is CS(=O)(=O)c1ccc(Nc2ccc(CCNC(O)c3ccc(O)c(CO)c3)cc2)cc1. The molecule has 0 aliphatic carbocycles. The summed E-state index contributed by atoms with van der Waals surface area (Å²) in [4.78, 5) is 0.281. The summed E-state index contributed by atoms with van der Waals surface area (Å²) < 4.78 is 23.1. The third-order valence-corrected chi connectivity index (χ3v) is 5.99. The Morgan fingerprint density at radius 1 is 0.935 bits per heavy atom. The van der Waals surface area contributed by atoms with Crippen molar-refractivity contribution in [2.45, 2.75) is 24.2 Å². The Morgan fingerprint density at radius 3 is 2.13 bits per heavy atom. The van der Waals surface area contributed by atoms with Gasteiger partial charge in [0.2, 0.25) is 0 Å². The molecule has 5 N–H and O–H groups in total. The Labute approximate surface area is 181 Å². The highest BCUT2D eigenvalue weighted by molar-refractivity contribution is 7.90. The summed E-state index contributed by atoms with van der Waals surface area (Å²) in [6.45, 7) is 0.241. The molecule has 164 valence electrons. The highest BCUT2D eigenvalue weighted by atomic mass is 32.2. The van der Waals surface area contributed by atoms with E-state index in [4.69, 9.17) is 0 Å². The van der Waals surface area contributed by atoms with Gasteiger partial charge in [-0.05, 0) is 66.1 Å². The monoisotopic (exact) mass is 442 g/mol. The van der Waals surface area contributed by atoms with Crippen LogP contribution in [-0.4, -0.2) is 36.5 Å². The van der Waals surface area contributed by atoms with Gasteiger partial charge in [-0.1, -0.05) is 18.2 Å². The van der Waals surface area contributed by atoms with Crippen molar-refractivity contribution < 1.29 is 23.7 Å². The van der Waals surface area contributed by atoms with E-state index in [-0.39, 0.29) is 17.3 Å². The van der Waals surface area contributed by atoms with Gasteiger partial charge in [-0.25, -0.2) is 8.42 Å². The molecular formula is C23H26N2O5S. The van der Waals surface area contributed by atoms with Crippen molar-refractivity contribution in [3.05, 3.63) is 83.4 Å². The van der Waals surface area contributed by atoms with Crippen LogP contribution in [0.1, 0.15) is 22.9 Å². The number of aliphatic hydroxyl groups excluding tert-OH is 2. The summed E-state index contributed by atoms with van der Waals surface area (Å²) in [5, 5.41) is 35.3. The van der Waals surface area contributed by atoms with E-state index < -0.39 is 16.1 Å². The highest BCUT2D eigenvalue weighted by Gasteiger charge is 2.10. The topological polar surface area (TPSA) is 119 Å². The van der Waals surface area contributed by atoms with Crippen molar-refractivity contribution in [2.75, 3.05) is 18.1 Å².